The van der Waals surface area contributed by atoms with Crippen LogP contribution in [0.2, 0.25) is 0 Å². The normalized spacial score (nSPS) is 17.0. The molecule has 162 valence electrons. The number of hydrogen-bond donors (Lipinski definition) is 0. The topological polar surface area (TPSA) is 59.0 Å². The molecule has 9 heteroatoms. The molecule has 31 heavy (non-hydrogen) atoms. The standard InChI is InChI=1S/C22H21F3N4OS/c23-22(24,25)19-13-17(18-4-2-12-31-18)27-21(28-19)16-3-1-11-29(14-16)20(30)6-5-15-7-9-26-10-8-15/h2,4,7-10,12-13,16H,1,3,5-6,11,14H2/t16-/m0/s1. The van der Waals surface area contributed by atoms with Crippen molar-refractivity contribution in [1.82, 2.24) is 19.9 Å². The summed E-state index contributed by atoms with van der Waals surface area (Å²) in [6, 6.07) is 8.26. The Balaban J connectivity index is 1.52. The zero-order valence-corrected chi connectivity index (χ0v) is 17.5. The van der Waals surface area contributed by atoms with Gasteiger partial charge in [0.05, 0.1) is 10.6 Å². The third-order valence-electron chi connectivity index (χ3n) is 5.32. The van der Waals surface area contributed by atoms with Crippen LogP contribution in [-0.2, 0) is 17.4 Å². The van der Waals surface area contributed by atoms with Crippen molar-refractivity contribution < 1.29 is 18.0 Å². The van der Waals surface area contributed by atoms with Crippen molar-refractivity contribution in [3.63, 3.8) is 0 Å². The maximum atomic E-state index is 13.5. The number of piperidine rings is 1. The highest BCUT2D eigenvalue weighted by Crippen LogP contribution is 2.34. The molecule has 0 spiro atoms. The van der Waals surface area contributed by atoms with Crippen molar-refractivity contribution in [2.24, 2.45) is 0 Å². The molecule has 0 N–H and O–H groups in total. The van der Waals surface area contributed by atoms with Crippen LogP contribution < -0.4 is 0 Å². The Kier molecular flexibility index (Phi) is 6.31. The number of carbonyl (C=O) groups is 1. The summed E-state index contributed by atoms with van der Waals surface area (Å²) in [6.45, 7) is 0.933. The van der Waals surface area contributed by atoms with Crippen molar-refractivity contribution in [3.8, 4) is 10.6 Å². The smallest absolute Gasteiger partial charge is 0.342 e. The van der Waals surface area contributed by atoms with Crippen LogP contribution in [0.4, 0.5) is 13.2 Å². The molecule has 1 saturated heterocycles. The highest BCUT2D eigenvalue weighted by Gasteiger charge is 2.35. The van der Waals surface area contributed by atoms with E-state index in [9.17, 15) is 18.0 Å². The Morgan fingerprint density at radius 1 is 1.19 bits per heavy atom. The maximum Gasteiger partial charge on any atom is 0.433 e. The molecule has 0 bridgehead atoms. The van der Waals surface area contributed by atoms with E-state index in [0.717, 1.165) is 11.6 Å². The lowest BCUT2D eigenvalue weighted by molar-refractivity contribution is -0.141. The number of rotatable bonds is 5. The van der Waals surface area contributed by atoms with E-state index < -0.39 is 11.9 Å². The van der Waals surface area contributed by atoms with Crippen LogP contribution in [0.1, 0.15) is 42.3 Å². The third-order valence-corrected chi connectivity index (χ3v) is 6.22. The van der Waals surface area contributed by atoms with Gasteiger partial charge in [0, 0.05) is 37.8 Å². The zero-order chi connectivity index (χ0) is 21.8. The lowest BCUT2D eigenvalue weighted by Crippen LogP contribution is -2.39. The van der Waals surface area contributed by atoms with Crippen molar-refractivity contribution in [2.45, 2.75) is 37.8 Å². The van der Waals surface area contributed by atoms with Crippen LogP contribution in [0.5, 0.6) is 0 Å². The van der Waals surface area contributed by atoms with Crippen molar-refractivity contribution in [1.29, 1.82) is 0 Å². The van der Waals surface area contributed by atoms with Gasteiger partial charge in [-0.05, 0) is 54.5 Å². The molecule has 4 heterocycles. The number of hydrogen-bond acceptors (Lipinski definition) is 5. The summed E-state index contributed by atoms with van der Waals surface area (Å²) in [5.74, 6) is -0.170. The van der Waals surface area contributed by atoms with Gasteiger partial charge in [-0.1, -0.05) is 6.07 Å². The van der Waals surface area contributed by atoms with E-state index in [1.54, 1.807) is 34.8 Å². The first-order valence-electron chi connectivity index (χ1n) is 10.1. The second-order valence-electron chi connectivity index (χ2n) is 7.51. The zero-order valence-electron chi connectivity index (χ0n) is 16.7. The number of alkyl halides is 3. The molecule has 1 aliphatic rings. The average molecular weight is 446 g/mol. The Morgan fingerprint density at radius 3 is 2.71 bits per heavy atom. The SMILES string of the molecule is O=C(CCc1ccncc1)N1CCC[C@H](c2nc(-c3cccs3)cc(C(F)(F)F)n2)C1. The average Bonchev–Trinajstić information content (AvgIpc) is 3.32. The number of pyridine rings is 1. The number of likely N-dealkylation sites (tertiary alicyclic amines) is 1. The van der Waals surface area contributed by atoms with Crippen LogP contribution in [0.25, 0.3) is 10.6 Å². The fourth-order valence-corrected chi connectivity index (χ4v) is 4.40. The molecule has 4 rings (SSSR count). The molecule has 5 nitrogen and oxygen atoms in total. The van der Waals surface area contributed by atoms with E-state index in [1.165, 1.54) is 11.3 Å². The molecule has 3 aromatic rings. The van der Waals surface area contributed by atoms with Crippen LogP contribution in [0.3, 0.4) is 0 Å². The second kappa shape index (κ2) is 9.13. The summed E-state index contributed by atoms with van der Waals surface area (Å²) in [6.07, 6.45) is 1.13. The van der Waals surface area contributed by atoms with Gasteiger partial charge in [0.15, 0.2) is 0 Å². The monoisotopic (exact) mass is 446 g/mol. The minimum Gasteiger partial charge on any atom is -0.342 e. The molecule has 1 atom stereocenters. The van der Waals surface area contributed by atoms with Crippen molar-refractivity contribution in [2.75, 3.05) is 13.1 Å². The van der Waals surface area contributed by atoms with Gasteiger partial charge in [0.2, 0.25) is 5.91 Å². The summed E-state index contributed by atoms with van der Waals surface area (Å²) in [5, 5.41) is 1.80. The van der Waals surface area contributed by atoms with Gasteiger partial charge in [0.1, 0.15) is 11.5 Å². The third kappa shape index (κ3) is 5.28. The Labute approximate surface area is 182 Å². The predicted octanol–water partition coefficient (Wildman–Crippen LogP) is 4.96. The van der Waals surface area contributed by atoms with Gasteiger partial charge in [-0.2, -0.15) is 13.2 Å². The Hall–Kier alpha value is -2.81. The largest absolute Gasteiger partial charge is 0.433 e. The quantitative estimate of drug-likeness (QED) is 0.556. The molecule has 0 aliphatic carbocycles. The van der Waals surface area contributed by atoms with Gasteiger partial charge < -0.3 is 4.90 Å². The number of nitrogens with zero attached hydrogens (tertiary/aromatic N) is 4. The molecule has 1 fully saturated rings. The summed E-state index contributed by atoms with van der Waals surface area (Å²) in [7, 11) is 0. The van der Waals surface area contributed by atoms with Crippen LogP contribution in [-0.4, -0.2) is 38.8 Å². The van der Waals surface area contributed by atoms with Gasteiger partial charge in [-0.3, -0.25) is 9.78 Å². The summed E-state index contributed by atoms with van der Waals surface area (Å²) < 4.78 is 40.4. The second-order valence-corrected chi connectivity index (χ2v) is 8.45. The summed E-state index contributed by atoms with van der Waals surface area (Å²) in [4.78, 5) is 27.4. The van der Waals surface area contributed by atoms with Crippen LogP contribution in [0, 0.1) is 0 Å². The maximum absolute atomic E-state index is 13.5. The number of thiophene rings is 1. The van der Waals surface area contributed by atoms with Gasteiger partial charge >= 0.3 is 6.18 Å². The van der Waals surface area contributed by atoms with E-state index in [2.05, 4.69) is 15.0 Å². The highest BCUT2D eigenvalue weighted by molar-refractivity contribution is 7.13. The lowest BCUT2D eigenvalue weighted by atomic mass is 9.96. The first kappa shape index (κ1) is 21.4. The van der Waals surface area contributed by atoms with Gasteiger partial charge in [-0.15, -0.1) is 11.3 Å². The van der Waals surface area contributed by atoms with Gasteiger partial charge in [-0.25, -0.2) is 9.97 Å². The molecule has 0 aromatic carbocycles. The van der Waals surface area contributed by atoms with E-state index in [1.807, 2.05) is 12.1 Å². The van der Waals surface area contributed by atoms with E-state index in [0.29, 0.717) is 43.6 Å². The van der Waals surface area contributed by atoms with Gasteiger partial charge in [0.25, 0.3) is 0 Å². The summed E-state index contributed by atoms with van der Waals surface area (Å²) >= 11 is 1.33. The molecule has 1 aliphatic heterocycles. The molecular weight excluding hydrogens is 425 g/mol. The van der Waals surface area contributed by atoms with Crippen molar-refractivity contribution in [3.05, 3.63) is 65.2 Å². The number of amides is 1. The number of halogens is 3. The van der Waals surface area contributed by atoms with E-state index >= 15 is 0 Å². The molecule has 1 amide bonds. The lowest BCUT2D eigenvalue weighted by Gasteiger charge is -2.32. The fraction of sp³-hybridized carbons (Fsp3) is 0.364. The number of aromatic nitrogens is 3. The highest BCUT2D eigenvalue weighted by atomic mass is 32.1. The number of aryl methyl sites for hydroxylation is 1. The molecule has 0 unspecified atom stereocenters. The first-order chi connectivity index (χ1) is 14.9. The van der Waals surface area contributed by atoms with Crippen molar-refractivity contribution >= 4 is 17.2 Å². The predicted molar refractivity (Wildman–Crippen MR) is 111 cm³/mol. The first-order valence-corrected chi connectivity index (χ1v) is 10.9. The van der Waals surface area contributed by atoms with Crippen LogP contribution in [0.15, 0.2) is 48.1 Å². The number of carbonyl (C=O) groups excluding carboxylic acids is 1. The minimum absolute atomic E-state index is 0.00744. The Bertz CT molecular complexity index is 1020. The van der Waals surface area contributed by atoms with Crippen LogP contribution >= 0.6 is 11.3 Å². The molecule has 0 saturated carbocycles. The van der Waals surface area contributed by atoms with E-state index in [-0.39, 0.29) is 23.3 Å². The molecule has 3 aromatic heterocycles. The Morgan fingerprint density at radius 2 is 2.00 bits per heavy atom. The minimum atomic E-state index is -4.56. The van der Waals surface area contributed by atoms with E-state index in [4.69, 9.17) is 0 Å². The molecule has 0 radical (unpaired) electrons. The fourth-order valence-electron chi connectivity index (χ4n) is 3.72. The molecular formula is C22H21F3N4OS. The summed E-state index contributed by atoms with van der Waals surface area (Å²) in [5.41, 5.74) is 0.356.